The summed E-state index contributed by atoms with van der Waals surface area (Å²) in [4.78, 5) is 50.3. The van der Waals surface area contributed by atoms with Crippen molar-refractivity contribution in [2.45, 2.75) is 62.7 Å². The van der Waals surface area contributed by atoms with E-state index < -0.39 is 30.5 Å². The first-order valence-corrected chi connectivity index (χ1v) is 14.3. The molecule has 11 nitrogen and oxygen atoms in total. The molecule has 2 aromatic rings. The molecule has 0 radical (unpaired) electrons. The molecule has 0 aromatic heterocycles. The summed E-state index contributed by atoms with van der Waals surface area (Å²) >= 11 is 0. The van der Waals surface area contributed by atoms with E-state index in [1.54, 1.807) is 19.1 Å². The summed E-state index contributed by atoms with van der Waals surface area (Å²) in [5, 5.41) is 27.4. The first-order valence-electron chi connectivity index (χ1n) is 14.3. The van der Waals surface area contributed by atoms with E-state index in [2.05, 4.69) is 16.0 Å². The fourth-order valence-electron chi connectivity index (χ4n) is 5.74. The Morgan fingerprint density at radius 2 is 1.74 bits per heavy atom. The highest BCUT2D eigenvalue weighted by Gasteiger charge is 2.47. The summed E-state index contributed by atoms with van der Waals surface area (Å²) in [6, 6.07) is 15.3. The summed E-state index contributed by atoms with van der Waals surface area (Å²) in [6.07, 6.45) is 3.75. The van der Waals surface area contributed by atoms with E-state index in [4.69, 9.17) is 14.6 Å². The van der Waals surface area contributed by atoms with Crippen LogP contribution in [-0.4, -0.2) is 85.7 Å². The number of benzene rings is 2. The number of amides is 3. The number of aliphatic hydroxyl groups is 1. The first-order chi connectivity index (χ1) is 20.4. The lowest BCUT2D eigenvalue weighted by Gasteiger charge is -2.32. The predicted octanol–water partition coefficient (Wildman–Crippen LogP) is -0.203. The van der Waals surface area contributed by atoms with Crippen LogP contribution >= 0.6 is 0 Å². The van der Waals surface area contributed by atoms with Gasteiger partial charge in [0.05, 0.1) is 13.2 Å². The van der Waals surface area contributed by atoms with Gasteiger partial charge in [-0.25, -0.2) is 0 Å². The van der Waals surface area contributed by atoms with Gasteiger partial charge in [-0.15, -0.1) is 0 Å². The largest absolute Gasteiger partial charge is 0.554 e. The third kappa shape index (κ3) is 8.53. The van der Waals surface area contributed by atoms with E-state index >= 15 is 0 Å². The molecule has 2 saturated heterocycles. The number of hydrogen-bond acceptors (Lipinski definition) is 8. The van der Waals surface area contributed by atoms with Gasteiger partial charge in [0.2, 0.25) is 17.7 Å². The molecule has 2 fully saturated rings. The van der Waals surface area contributed by atoms with E-state index in [9.17, 15) is 19.5 Å². The molecule has 42 heavy (non-hydrogen) atoms. The molecule has 4 N–H and O–H groups in total. The summed E-state index contributed by atoms with van der Waals surface area (Å²) in [6.45, 7) is -0.254. The Balaban J connectivity index is 0.00000155. The van der Waals surface area contributed by atoms with Crippen molar-refractivity contribution in [2.24, 2.45) is 5.92 Å². The lowest BCUT2D eigenvalue weighted by atomic mass is 9.93. The second-order valence-corrected chi connectivity index (χ2v) is 10.5. The second kappa shape index (κ2) is 16.5. The molecule has 3 amide bonds. The Morgan fingerprint density at radius 1 is 1.07 bits per heavy atom. The number of carbonyl (C=O) groups is 4. The van der Waals surface area contributed by atoms with Gasteiger partial charge in [0.1, 0.15) is 17.8 Å². The predicted molar refractivity (Wildman–Crippen MR) is 154 cm³/mol. The van der Waals surface area contributed by atoms with Crippen molar-refractivity contribution in [1.29, 1.82) is 0 Å². The highest BCUT2D eigenvalue weighted by molar-refractivity contribution is 5.94. The van der Waals surface area contributed by atoms with Gasteiger partial charge in [-0.2, -0.15) is 0 Å². The molecular formula is C31H41N4O7-. The molecule has 0 spiro atoms. The quantitative estimate of drug-likeness (QED) is 0.266. The van der Waals surface area contributed by atoms with Crippen molar-refractivity contribution >= 4 is 24.2 Å². The molecule has 2 aliphatic heterocycles. The minimum absolute atomic E-state index is 0.0739. The zero-order valence-corrected chi connectivity index (χ0v) is 24.2. The van der Waals surface area contributed by atoms with Crippen molar-refractivity contribution < 1.29 is 34.1 Å². The van der Waals surface area contributed by atoms with Gasteiger partial charge in [-0.3, -0.25) is 14.4 Å². The molecule has 0 saturated carbocycles. The topological polar surface area (TPSA) is 160 Å². The van der Waals surface area contributed by atoms with Gasteiger partial charge in [-0.05, 0) is 68.8 Å². The number of methoxy groups -OCH3 is 1. The van der Waals surface area contributed by atoms with Crippen LogP contribution in [0.4, 0.5) is 0 Å². The van der Waals surface area contributed by atoms with E-state index in [0.717, 1.165) is 23.3 Å². The Hall–Kier alpha value is -3.96. The standard InChI is InChI=1S/C30H40N4O5.CH2O2/c1-31-25(18-21-6-4-3-5-7-21)28(36)33-27-22(19-35)10-11-23-12-15-26(34(23)30(27)38)29(37)32-17-16-20-8-13-24(39-2)14-9-20;2-1-3/h3-9,13-14,22-23,25-27,31,35H,10-12,15-19H2,1-2H3,(H,32,37)(H,33,36);1H,(H,2,3)/p-1/t22-,23+,25-,26+,27+;/m1./s1. The van der Waals surface area contributed by atoms with E-state index in [1.165, 1.54) is 0 Å². The summed E-state index contributed by atoms with van der Waals surface area (Å²) in [5.74, 6) is -0.379. The van der Waals surface area contributed by atoms with Crippen molar-refractivity contribution in [2.75, 3.05) is 27.3 Å². The maximum Gasteiger partial charge on any atom is 0.246 e. The van der Waals surface area contributed by atoms with Crippen LogP contribution in [0.15, 0.2) is 54.6 Å². The molecule has 0 bridgehead atoms. The summed E-state index contributed by atoms with van der Waals surface area (Å²) < 4.78 is 5.19. The van der Waals surface area contributed by atoms with Crippen molar-refractivity contribution in [1.82, 2.24) is 20.9 Å². The van der Waals surface area contributed by atoms with Crippen LogP contribution in [-0.2, 0) is 32.0 Å². The monoisotopic (exact) mass is 581 g/mol. The highest BCUT2D eigenvalue weighted by Crippen LogP contribution is 2.34. The van der Waals surface area contributed by atoms with Gasteiger partial charge in [0.25, 0.3) is 0 Å². The Kier molecular flexibility index (Phi) is 12.8. The maximum absolute atomic E-state index is 13.9. The van der Waals surface area contributed by atoms with Crippen LogP contribution in [0.1, 0.15) is 36.8 Å². The van der Waals surface area contributed by atoms with E-state index in [0.29, 0.717) is 38.6 Å². The molecule has 228 valence electrons. The fraction of sp³-hybridized carbons (Fsp3) is 0.484. The maximum atomic E-state index is 13.9. The lowest BCUT2D eigenvalue weighted by molar-refractivity contribution is -0.283. The normalized spacial score (nSPS) is 22.1. The summed E-state index contributed by atoms with van der Waals surface area (Å²) in [7, 11) is 3.34. The number of likely N-dealkylation sites (N-methyl/N-ethyl adjacent to an activating group) is 1. The van der Waals surface area contributed by atoms with Crippen molar-refractivity contribution in [3.63, 3.8) is 0 Å². The average molecular weight is 582 g/mol. The lowest BCUT2D eigenvalue weighted by Crippen LogP contribution is -2.58. The molecule has 11 heteroatoms. The molecule has 2 aromatic carbocycles. The van der Waals surface area contributed by atoms with Crippen molar-refractivity contribution in [3.05, 3.63) is 65.7 Å². The molecule has 2 heterocycles. The average Bonchev–Trinajstić information content (AvgIpc) is 3.39. The number of carboxylic acid groups (broad SMARTS) is 1. The second-order valence-electron chi connectivity index (χ2n) is 10.5. The number of nitrogens with one attached hydrogen (secondary N) is 3. The molecule has 4 rings (SSSR count). The molecule has 0 unspecified atom stereocenters. The number of ether oxygens (including phenoxy) is 1. The van der Waals surface area contributed by atoms with Gasteiger partial charge in [0.15, 0.2) is 0 Å². The molecular weight excluding hydrogens is 540 g/mol. The van der Waals surface area contributed by atoms with Crippen LogP contribution in [0.3, 0.4) is 0 Å². The zero-order valence-electron chi connectivity index (χ0n) is 24.2. The number of fused-ring (bicyclic) bond motifs is 1. The third-order valence-electron chi connectivity index (χ3n) is 8.02. The SMILES string of the molecule is CN[C@H](Cc1ccccc1)C(=O)N[C@@H]1C(=O)N2[C@@H](CC[C@@H]1CO)CC[C@H]2C(=O)NCCc1ccc(OC)cc1.O=C[O-]. The van der Waals surface area contributed by atoms with E-state index in [1.807, 2.05) is 54.6 Å². The summed E-state index contributed by atoms with van der Waals surface area (Å²) in [5.41, 5.74) is 2.08. The molecule has 2 aliphatic rings. The van der Waals surface area contributed by atoms with Gasteiger partial charge < -0.3 is 40.6 Å². The first kappa shape index (κ1) is 32.6. The third-order valence-corrected chi connectivity index (χ3v) is 8.02. The minimum atomic E-state index is -0.883. The van der Waals surface area contributed by atoms with Crippen LogP contribution in [0.25, 0.3) is 0 Å². The Bertz CT molecular complexity index is 1160. The Labute approximate surface area is 246 Å². The van der Waals surface area contributed by atoms with Crippen LogP contribution < -0.4 is 25.8 Å². The minimum Gasteiger partial charge on any atom is -0.554 e. The number of aliphatic hydroxyl groups excluding tert-OH is 1. The van der Waals surface area contributed by atoms with Gasteiger partial charge >= 0.3 is 0 Å². The van der Waals surface area contributed by atoms with Crippen LogP contribution in [0, 0.1) is 5.92 Å². The fourth-order valence-corrected chi connectivity index (χ4v) is 5.74. The number of hydrogen-bond donors (Lipinski definition) is 4. The van der Waals surface area contributed by atoms with E-state index in [-0.39, 0.29) is 30.4 Å². The number of carbonyl (C=O) groups excluding carboxylic acids is 4. The van der Waals surface area contributed by atoms with Crippen LogP contribution in [0.2, 0.25) is 0 Å². The van der Waals surface area contributed by atoms with Gasteiger partial charge in [-0.1, -0.05) is 42.5 Å². The number of rotatable bonds is 11. The smallest absolute Gasteiger partial charge is 0.246 e. The zero-order chi connectivity index (χ0) is 30.5. The van der Waals surface area contributed by atoms with Gasteiger partial charge in [0, 0.05) is 31.6 Å². The highest BCUT2D eigenvalue weighted by atomic mass is 16.5. The Morgan fingerprint density at radius 3 is 2.36 bits per heavy atom. The van der Waals surface area contributed by atoms with Crippen molar-refractivity contribution in [3.8, 4) is 5.75 Å². The molecule has 0 aliphatic carbocycles. The number of nitrogens with zero attached hydrogens (tertiary/aromatic N) is 1. The molecule has 5 atom stereocenters. The van der Waals surface area contributed by atoms with Crippen LogP contribution in [0.5, 0.6) is 5.75 Å².